The van der Waals surface area contributed by atoms with E-state index in [-0.39, 0.29) is 11.0 Å². The summed E-state index contributed by atoms with van der Waals surface area (Å²) in [4.78, 5) is 22.4. The number of aromatic carboxylic acids is 1. The molecule has 0 aliphatic rings. The molecule has 16 heavy (non-hydrogen) atoms. The number of nitrogens with zero attached hydrogens (tertiary/aromatic N) is 3. The van der Waals surface area contributed by atoms with Crippen LogP contribution in [0.4, 0.5) is 0 Å². The minimum absolute atomic E-state index is 0. The van der Waals surface area contributed by atoms with Crippen LogP contribution in [0.5, 0.6) is 0 Å². The highest BCUT2D eigenvalue weighted by Crippen LogP contribution is 2.09. The van der Waals surface area contributed by atoms with Crippen molar-refractivity contribution in [3.05, 3.63) is 42.4 Å². The van der Waals surface area contributed by atoms with Gasteiger partial charge in [-0.05, 0) is 12.1 Å². The van der Waals surface area contributed by atoms with E-state index >= 15 is 0 Å². The Balaban J connectivity index is 0.00000128. The normalized spacial score (nSPS) is 9.25. The third-order valence-electron chi connectivity index (χ3n) is 1.79. The Morgan fingerprint density at radius 3 is 2.31 bits per heavy atom. The van der Waals surface area contributed by atoms with Crippen molar-refractivity contribution in [2.24, 2.45) is 0 Å². The summed E-state index contributed by atoms with van der Waals surface area (Å²) in [7, 11) is 0. The maximum Gasteiger partial charge on any atom is 0.338 e. The molecular weight excluding hydrogens is 210 g/mol. The van der Waals surface area contributed by atoms with E-state index in [4.69, 9.17) is 5.11 Å². The second-order valence-electron chi connectivity index (χ2n) is 2.82. The van der Waals surface area contributed by atoms with Crippen LogP contribution in [0.3, 0.4) is 0 Å². The van der Waals surface area contributed by atoms with Crippen molar-refractivity contribution < 1.29 is 15.4 Å². The molecule has 0 bridgehead atoms. The lowest BCUT2D eigenvalue weighted by Crippen LogP contribution is -1.99. The Kier molecular flexibility index (Phi) is 3.62. The molecule has 2 rings (SSSR count). The third-order valence-corrected chi connectivity index (χ3v) is 1.79. The Morgan fingerprint density at radius 2 is 1.81 bits per heavy atom. The second-order valence-corrected chi connectivity index (χ2v) is 2.82. The van der Waals surface area contributed by atoms with Crippen LogP contribution < -0.4 is 0 Å². The maximum absolute atomic E-state index is 10.6. The predicted molar refractivity (Wildman–Crippen MR) is 55.8 cm³/mol. The topological polar surface area (TPSA) is 107 Å². The first kappa shape index (κ1) is 11.7. The first-order valence-electron chi connectivity index (χ1n) is 4.24. The lowest BCUT2D eigenvalue weighted by atomic mass is 10.3. The second kappa shape index (κ2) is 4.94. The van der Waals surface area contributed by atoms with E-state index in [0.29, 0.717) is 11.5 Å². The summed E-state index contributed by atoms with van der Waals surface area (Å²) in [5, 5.41) is 8.65. The molecule has 0 aromatic carbocycles. The molecule has 6 nitrogen and oxygen atoms in total. The van der Waals surface area contributed by atoms with Gasteiger partial charge in [0.1, 0.15) is 5.69 Å². The van der Waals surface area contributed by atoms with E-state index in [2.05, 4.69) is 15.0 Å². The van der Waals surface area contributed by atoms with Gasteiger partial charge in [-0.15, -0.1) is 0 Å². The van der Waals surface area contributed by atoms with Gasteiger partial charge in [-0.1, -0.05) is 6.07 Å². The van der Waals surface area contributed by atoms with Crippen LogP contribution in [0.1, 0.15) is 10.4 Å². The molecule has 0 atom stereocenters. The average Bonchev–Trinajstić information content (AvgIpc) is 2.30. The molecule has 0 saturated carbocycles. The summed E-state index contributed by atoms with van der Waals surface area (Å²) in [5.41, 5.74) is 0.684. The fourth-order valence-corrected chi connectivity index (χ4v) is 1.07. The molecule has 0 aliphatic carbocycles. The lowest BCUT2D eigenvalue weighted by Gasteiger charge is -1.98. The Labute approximate surface area is 90.9 Å². The van der Waals surface area contributed by atoms with Gasteiger partial charge in [-0.3, -0.25) is 4.98 Å². The number of hydrogen-bond acceptors (Lipinski definition) is 4. The van der Waals surface area contributed by atoms with Crippen molar-refractivity contribution in [2.75, 3.05) is 0 Å². The summed E-state index contributed by atoms with van der Waals surface area (Å²) in [6, 6.07) is 5.36. The van der Waals surface area contributed by atoms with Gasteiger partial charge in [-0.2, -0.15) is 0 Å². The van der Waals surface area contributed by atoms with Gasteiger partial charge in [-0.25, -0.2) is 14.8 Å². The van der Waals surface area contributed by atoms with Gasteiger partial charge in [0.2, 0.25) is 0 Å². The van der Waals surface area contributed by atoms with Gasteiger partial charge >= 0.3 is 5.97 Å². The maximum atomic E-state index is 10.6. The molecule has 2 heterocycles. The van der Waals surface area contributed by atoms with Crippen LogP contribution in [0.15, 0.2) is 36.8 Å². The van der Waals surface area contributed by atoms with E-state index in [9.17, 15) is 4.79 Å². The van der Waals surface area contributed by atoms with Crippen molar-refractivity contribution >= 4 is 5.97 Å². The SMILES string of the molecule is O.O=C(O)c1cnc(-c2ccccn2)nc1. The molecule has 2 aromatic heterocycles. The quantitative estimate of drug-likeness (QED) is 0.787. The fourth-order valence-electron chi connectivity index (χ4n) is 1.07. The van der Waals surface area contributed by atoms with Crippen molar-refractivity contribution in [1.82, 2.24) is 15.0 Å². The minimum Gasteiger partial charge on any atom is -0.478 e. The standard InChI is InChI=1S/C10H7N3O2.H2O/c14-10(15)7-5-12-9(13-6-7)8-3-1-2-4-11-8;/h1-6H,(H,14,15);1H2. The highest BCUT2D eigenvalue weighted by atomic mass is 16.4. The van der Waals surface area contributed by atoms with Crippen molar-refractivity contribution in [2.45, 2.75) is 0 Å². The van der Waals surface area contributed by atoms with E-state index in [1.54, 1.807) is 18.3 Å². The van der Waals surface area contributed by atoms with E-state index in [1.165, 1.54) is 12.4 Å². The third kappa shape index (κ3) is 2.37. The Hall–Kier alpha value is -2.34. The largest absolute Gasteiger partial charge is 0.478 e. The first-order chi connectivity index (χ1) is 7.27. The number of carbonyl (C=O) groups is 1. The van der Waals surface area contributed by atoms with Gasteiger partial charge in [0, 0.05) is 18.6 Å². The zero-order valence-electron chi connectivity index (χ0n) is 8.16. The van der Waals surface area contributed by atoms with E-state index in [1.807, 2.05) is 6.07 Å². The number of aromatic nitrogens is 3. The molecule has 82 valence electrons. The van der Waals surface area contributed by atoms with E-state index < -0.39 is 5.97 Å². The minimum atomic E-state index is -1.04. The smallest absolute Gasteiger partial charge is 0.338 e. The first-order valence-corrected chi connectivity index (χ1v) is 4.24. The van der Waals surface area contributed by atoms with Crippen LogP contribution in [0, 0.1) is 0 Å². The molecule has 0 aliphatic heterocycles. The summed E-state index contributed by atoms with van der Waals surface area (Å²) < 4.78 is 0. The lowest BCUT2D eigenvalue weighted by molar-refractivity contribution is 0.0696. The summed E-state index contributed by atoms with van der Waals surface area (Å²) in [6.07, 6.45) is 4.16. The van der Waals surface area contributed by atoms with Crippen LogP contribution in [-0.4, -0.2) is 31.5 Å². The fraction of sp³-hybridized carbons (Fsp3) is 0. The van der Waals surface area contributed by atoms with Gasteiger partial charge < -0.3 is 10.6 Å². The van der Waals surface area contributed by atoms with Crippen molar-refractivity contribution in [3.8, 4) is 11.5 Å². The molecule has 0 saturated heterocycles. The highest BCUT2D eigenvalue weighted by molar-refractivity contribution is 5.86. The molecule has 0 fully saturated rings. The summed E-state index contributed by atoms with van der Waals surface area (Å²) >= 11 is 0. The molecule has 2 aromatic rings. The number of pyridine rings is 1. The molecule has 3 N–H and O–H groups in total. The van der Waals surface area contributed by atoms with Crippen molar-refractivity contribution in [1.29, 1.82) is 0 Å². The van der Waals surface area contributed by atoms with Crippen LogP contribution in [0.2, 0.25) is 0 Å². The van der Waals surface area contributed by atoms with E-state index in [0.717, 1.165) is 0 Å². The van der Waals surface area contributed by atoms with Gasteiger partial charge in [0.05, 0.1) is 5.56 Å². The van der Waals surface area contributed by atoms with Crippen molar-refractivity contribution in [3.63, 3.8) is 0 Å². The average molecular weight is 219 g/mol. The van der Waals surface area contributed by atoms with Crippen LogP contribution >= 0.6 is 0 Å². The molecule has 6 heteroatoms. The Bertz CT molecular complexity index is 470. The highest BCUT2D eigenvalue weighted by Gasteiger charge is 2.05. The zero-order chi connectivity index (χ0) is 10.7. The zero-order valence-corrected chi connectivity index (χ0v) is 8.16. The predicted octanol–water partition coefficient (Wildman–Crippen LogP) is 0.412. The van der Waals surface area contributed by atoms with Crippen LogP contribution in [-0.2, 0) is 0 Å². The number of rotatable bonds is 2. The summed E-state index contributed by atoms with van der Waals surface area (Å²) in [5.74, 6) is -0.622. The monoisotopic (exact) mass is 219 g/mol. The molecule has 0 radical (unpaired) electrons. The molecule has 0 spiro atoms. The van der Waals surface area contributed by atoms with Gasteiger partial charge in [0.25, 0.3) is 0 Å². The van der Waals surface area contributed by atoms with Crippen LogP contribution in [0.25, 0.3) is 11.5 Å². The number of carboxylic acids is 1. The van der Waals surface area contributed by atoms with Gasteiger partial charge in [0.15, 0.2) is 5.82 Å². The molecule has 0 unspecified atom stereocenters. The number of carboxylic acid groups (broad SMARTS) is 1. The molecular formula is C10H9N3O3. The number of hydrogen-bond donors (Lipinski definition) is 1. The summed E-state index contributed by atoms with van der Waals surface area (Å²) in [6.45, 7) is 0. The Morgan fingerprint density at radius 1 is 1.12 bits per heavy atom. The molecule has 0 amide bonds.